The van der Waals surface area contributed by atoms with Crippen molar-refractivity contribution in [3.05, 3.63) is 120 Å². The third-order valence-corrected chi connectivity index (χ3v) is 22.1. The molecule has 4 rings (SSSR count). The van der Waals surface area contributed by atoms with Gasteiger partial charge >= 0.3 is 380 Å². The van der Waals surface area contributed by atoms with Crippen LogP contribution in [0.25, 0.3) is 0 Å². The van der Waals surface area contributed by atoms with Crippen molar-refractivity contribution < 1.29 is 27.1 Å². The molecule has 6 nitrogen and oxygen atoms in total. The van der Waals surface area contributed by atoms with Crippen molar-refractivity contribution in [2.24, 2.45) is 0 Å². The average Bonchev–Trinajstić information content (AvgIpc) is 3.28. The molecule has 0 unspecified atom stereocenters. The molecule has 0 radical (unpaired) electrons. The summed E-state index contributed by atoms with van der Waals surface area (Å²) in [4.78, 5) is 0. The van der Waals surface area contributed by atoms with Gasteiger partial charge in [0.15, 0.2) is 0 Å². The third kappa shape index (κ3) is 15.8. The van der Waals surface area contributed by atoms with Crippen molar-refractivity contribution in [2.45, 2.75) is 176 Å². The summed E-state index contributed by atoms with van der Waals surface area (Å²) in [5.74, 6) is 2.64. The first-order valence-electron chi connectivity index (χ1n) is 24.5. The first-order chi connectivity index (χ1) is 30.3. The number of unbranched alkanes of at least 4 members (excludes halogenated alkanes) is 18. The molecule has 0 amide bonds. The van der Waals surface area contributed by atoms with E-state index in [1.165, 1.54) is 77.0 Å². The van der Waals surface area contributed by atoms with Gasteiger partial charge in [0.25, 0.3) is 0 Å². The molecule has 0 bridgehead atoms. The first kappa shape index (κ1) is 51.5. The fraction of sp³-hybridized carbons (Fsp3) is 0.556. The molecule has 62 heavy (non-hydrogen) atoms. The normalized spacial score (nSPS) is 12.5. The molecule has 0 fully saturated rings. The molecule has 0 heterocycles. The zero-order valence-electron chi connectivity index (χ0n) is 39.6. The number of hydrogen-bond acceptors (Lipinski definition) is 6. The predicted octanol–water partition coefficient (Wildman–Crippen LogP) is 18.5. The average molecular weight is 890 g/mol. The summed E-state index contributed by atoms with van der Waals surface area (Å²) >= 11 is 0. The molecule has 0 aliphatic heterocycles. The van der Waals surface area contributed by atoms with E-state index >= 15 is 0 Å². The van der Waals surface area contributed by atoms with Crippen LogP contribution < -0.4 is 18.1 Å². The number of para-hydroxylation sites is 4. The van der Waals surface area contributed by atoms with E-state index in [0.29, 0.717) is 42.4 Å². The molecule has 0 saturated heterocycles. The molecule has 0 aromatic heterocycles. The monoisotopic (exact) mass is 890 g/mol. The topological polar surface area (TPSA) is 55.4 Å². The van der Waals surface area contributed by atoms with Gasteiger partial charge in [-0.05, 0) is 0 Å². The Bertz CT molecular complexity index is 1650. The third-order valence-electron chi connectivity index (χ3n) is 11.7. The standard InChI is InChI=1S/C54H83O6P2/c1-7-10-13-16-19-22-34-45-55-62(60-51-40-26-25-27-41-51,47-36-24-21-18-15-12-9-3,56-46-35-23-20-17-14-11-8-2)61(57-52-42-31-28-37-48(52)4,58-53-43-32-29-38-49(53)5)59-54-44-33-30-39-50(54)6/h25-33,37-44H,7-24,34-36,45-47H2,1-6H3/q+1. The van der Waals surface area contributed by atoms with Crippen LogP contribution in [0.4, 0.5) is 0 Å². The van der Waals surface area contributed by atoms with Gasteiger partial charge in [0, 0.05) is 0 Å². The molecule has 4 aromatic carbocycles. The number of rotatable bonds is 35. The van der Waals surface area contributed by atoms with Crippen molar-refractivity contribution in [1.29, 1.82) is 0 Å². The fourth-order valence-electron chi connectivity index (χ4n) is 7.85. The Morgan fingerprint density at radius 1 is 0.371 bits per heavy atom. The van der Waals surface area contributed by atoms with Crippen LogP contribution in [0.15, 0.2) is 103 Å². The van der Waals surface area contributed by atoms with E-state index in [0.717, 1.165) is 74.5 Å². The van der Waals surface area contributed by atoms with Gasteiger partial charge in [-0.2, -0.15) is 0 Å². The number of benzene rings is 4. The van der Waals surface area contributed by atoms with Gasteiger partial charge in [-0.1, -0.05) is 0 Å². The van der Waals surface area contributed by atoms with E-state index < -0.39 is 14.6 Å². The van der Waals surface area contributed by atoms with Crippen molar-refractivity contribution >= 4 is 14.6 Å². The van der Waals surface area contributed by atoms with Crippen molar-refractivity contribution in [1.82, 2.24) is 0 Å². The fourth-order valence-corrected chi connectivity index (χ4v) is 18.5. The zero-order valence-corrected chi connectivity index (χ0v) is 41.4. The van der Waals surface area contributed by atoms with Gasteiger partial charge in [-0.25, -0.2) is 0 Å². The van der Waals surface area contributed by atoms with Crippen LogP contribution in [-0.4, -0.2) is 19.4 Å². The van der Waals surface area contributed by atoms with E-state index in [2.05, 4.69) is 59.7 Å². The Morgan fingerprint density at radius 2 is 0.694 bits per heavy atom. The van der Waals surface area contributed by atoms with Crippen molar-refractivity contribution in [3.63, 3.8) is 0 Å². The summed E-state index contributed by atoms with van der Waals surface area (Å²) in [6.45, 7) is 9.08. The van der Waals surface area contributed by atoms with E-state index in [9.17, 15) is 0 Å². The molecule has 0 aliphatic rings. The van der Waals surface area contributed by atoms with Gasteiger partial charge in [0.05, 0.1) is 0 Å². The van der Waals surface area contributed by atoms with Crippen molar-refractivity contribution in [2.75, 3.05) is 19.4 Å². The van der Waals surface area contributed by atoms with Gasteiger partial charge in [-0.15, -0.1) is 0 Å². The first-order valence-corrected chi connectivity index (χ1v) is 28.9. The second-order valence-corrected chi connectivity index (χ2v) is 25.6. The Balaban J connectivity index is 2.02. The summed E-state index contributed by atoms with van der Waals surface area (Å²) in [5, 5.41) is 0. The van der Waals surface area contributed by atoms with Crippen LogP contribution in [0.2, 0.25) is 0 Å². The second-order valence-electron chi connectivity index (χ2n) is 17.2. The van der Waals surface area contributed by atoms with Gasteiger partial charge in [-0.3, -0.25) is 0 Å². The van der Waals surface area contributed by atoms with E-state index in [-0.39, 0.29) is 0 Å². The minimum atomic E-state index is -4.83. The second kappa shape index (κ2) is 28.6. The molecule has 4 aromatic rings. The van der Waals surface area contributed by atoms with E-state index in [1.54, 1.807) is 0 Å². The van der Waals surface area contributed by atoms with E-state index in [1.807, 2.05) is 84.9 Å². The molecular weight excluding hydrogens is 807 g/mol. The van der Waals surface area contributed by atoms with Crippen LogP contribution >= 0.6 is 14.6 Å². The van der Waals surface area contributed by atoms with Crippen LogP contribution in [0.3, 0.4) is 0 Å². The number of hydrogen-bond donors (Lipinski definition) is 0. The van der Waals surface area contributed by atoms with Gasteiger partial charge in [0.1, 0.15) is 0 Å². The summed E-state index contributed by atoms with van der Waals surface area (Å²) in [6, 6.07) is 34.5. The van der Waals surface area contributed by atoms with Gasteiger partial charge in [0.2, 0.25) is 0 Å². The predicted molar refractivity (Wildman–Crippen MR) is 267 cm³/mol. The summed E-state index contributed by atoms with van der Waals surface area (Å²) in [6.07, 6.45) is 24.4. The van der Waals surface area contributed by atoms with E-state index in [4.69, 9.17) is 27.1 Å². The Kier molecular flexibility index (Phi) is 23.8. The van der Waals surface area contributed by atoms with Crippen LogP contribution in [0.1, 0.15) is 172 Å². The van der Waals surface area contributed by atoms with Crippen LogP contribution in [0.5, 0.6) is 23.0 Å². The van der Waals surface area contributed by atoms with Crippen LogP contribution in [0, 0.1) is 20.8 Å². The molecule has 0 spiro atoms. The summed E-state index contributed by atoms with van der Waals surface area (Å²) < 4.78 is 46.5. The maximum atomic E-state index is 7.82. The molecule has 0 N–H and O–H groups in total. The molecule has 8 heteroatoms. The molecule has 344 valence electrons. The molecule has 0 saturated carbocycles. The Labute approximate surface area is 378 Å². The quantitative estimate of drug-likeness (QED) is 0.0339. The Hall–Kier alpha value is -3.14. The Morgan fingerprint density at radius 3 is 1.06 bits per heavy atom. The molecule has 0 aliphatic carbocycles. The SMILES string of the molecule is CCCCCCCCCOP(CCCCCCCCC)(OCCCCCCCCC)(Oc1ccccc1)[P+](Oc1ccccc1C)(Oc1ccccc1C)Oc1ccccc1C. The zero-order chi connectivity index (χ0) is 44.2. The maximum absolute atomic E-state index is 7.82. The number of aryl methyl sites for hydroxylation is 3. The molecule has 0 atom stereocenters. The van der Waals surface area contributed by atoms with Crippen molar-refractivity contribution in [3.8, 4) is 23.0 Å². The van der Waals surface area contributed by atoms with Gasteiger partial charge < -0.3 is 0 Å². The summed E-state index contributed by atoms with van der Waals surface area (Å²) in [7, 11) is -4.02. The minimum absolute atomic E-state index is 0.430. The molecular formula is C54H83O6P2+. The summed E-state index contributed by atoms with van der Waals surface area (Å²) in [5.41, 5.74) is 2.89. The van der Waals surface area contributed by atoms with Crippen LogP contribution in [-0.2, 0) is 9.05 Å².